The van der Waals surface area contributed by atoms with Gasteiger partial charge in [-0.15, -0.1) is 0 Å². The summed E-state index contributed by atoms with van der Waals surface area (Å²) in [6.07, 6.45) is 4.79. The van der Waals surface area contributed by atoms with Gasteiger partial charge in [0.15, 0.2) is 6.10 Å². The summed E-state index contributed by atoms with van der Waals surface area (Å²) < 4.78 is 24.7. The van der Waals surface area contributed by atoms with Crippen LogP contribution < -0.4 is 0 Å². The van der Waals surface area contributed by atoms with Crippen LogP contribution in [0.25, 0.3) is 0 Å². The van der Waals surface area contributed by atoms with Crippen molar-refractivity contribution in [1.29, 1.82) is 0 Å². The molecule has 2 aliphatic heterocycles. The van der Waals surface area contributed by atoms with E-state index in [4.69, 9.17) is 18.9 Å². The quantitative estimate of drug-likeness (QED) is 0.397. The molecule has 1 aromatic rings. The van der Waals surface area contributed by atoms with Crippen LogP contribution in [0.4, 0.5) is 0 Å². The molecule has 10 atom stereocenters. The van der Waals surface area contributed by atoms with Gasteiger partial charge in [0, 0.05) is 37.4 Å². The number of esters is 1. The molecule has 0 aromatic carbocycles. The third-order valence-electron chi connectivity index (χ3n) is 8.13. The van der Waals surface area contributed by atoms with Crippen LogP contribution >= 0.6 is 11.3 Å². The lowest BCUT2D eigenvalue weighted by Gasteiger charge is -2.41. The topological polar surface area (TPSA) is 94.5 Å². The molecule has 0 unspecified atom stereocenters. The van der Waals surface area contributed by atoms with E-state index in [2.05, 4.69) is 30.5 Å². The van der Waals surface area contributed by atoms with Crippen molar-refractivity contribution in [3.05, 3.63) is 46.2 Å². The minimum Gasteiger partial charge on any atom is -0.457 e. The van der Waals surface area contributed by atoms with Gasteiger partial charge in [-0.2, -0.15) is 11.3 Å². The standard InChI is InChI=1S/C28H40O7S/c1-16-10-18(3)28-12-21(6-7-22(28)11-23(32-5)27(31)34-24(16)19(4)30)26(35-28)25(17(2)13-29)33-14-20-8-9-36-15-20/h6-10,15-17,19,21-26,29-30H,11-14H2,1-5H3/b18-10+/t16-,17-,19-,21-,22-,23+,24+,25-,26-,28+/m1/s1. The molecule has 4 rings (SSSR count). The highest BCUT2D eigenvalue weighted by Gasteiger charge is 2.56. The van der Waals surface area contributed by atoms with Gasteiger partial charge in [-0.25, -0.2) is 4.79 Å². The number of rotatable bonds is 8. The molecule has 2 N–H and O–H groups in total. The number of aliphatic hydroxyl groups is 2. The molecule has 8 heteroatoms. The molecule has 7 nitrogen and oxygen atoms in total. The van der Waals surface area contributed by atoms with Crippen LogP contribution in [0.3, 0.4) is 0 Å². The lowest BCUT2D eigenvalue weighted by Crippen LogP contribution is -2.47. The Morgan fingerprint density at radius 2 is 2.06 bits per heavy atom. The summed E-state index contributed by atoms with van der Waals surface area (Å²) in [7, 11) is 1.51. The average Bonchev–Trinajstić information content (AvgIpc) is 3.48. The van der Waals surface area contributed by atoms with E-state index in [-0.39, 0.29) is 42.5 Å². The van der Waals surface area contributed by atoms with Crippen molar-refractivity contribution in [1.82, 2.24) is 0 Å². The van der Waals surface area contributed by atoms with Crippen molar-refractivity contribution >= 4 is 17.3 Å². The number of hydrogen-bond acceptors (Lipinski definition) is 8. The van der Waals surface area contributed by atoms with Crippen molar-refractivity contribution in [2.24, 2.45) is 23.7 Å². The Morgan fingerprint density at radius 1 is 1.28 bits per heavy atom. The summed E-state index contributed by atoms with van der Waals surface area (Å²) in [5.41, 5.74) is 1.54. The van der Waals surface area contributed by atoms with E-state index < -0.39 is 29.9 Å². The van der Waals surface area contributed by atoms with E-state index in [0.29, 0.717) is 13.0 Å². The van der Waals surface area contributed by atoms with E-state index in [0.717, 1.165) is 17.6 Å². The van der Waals surface area contributed by atoms with E-state index in [1.165, 1.54) is 7.11 Å². The number of hydrogen-bond donors (Lipinski definition) is 2. The second-order valence-electron chi connectivity index (χ2n) is 10.7. The van der Waals surface area contributed by atoms with Crippen LogP contribution in [-0.2, 0) is 30.3 Å². The van der Waals surface area contributed by atoms with Crippen LogP contribution in [0, 0.1) is 23.7 Å². The molecule has 1 aliphatic carbocycles. The molecule has 36 heavy (non-hydrogen) atoms. The highest BCUT2D eigenvalue weighted by Crippen LogP contribution is 2.53. The van der Waals surface area contributed by atoms with Gasteiger partial charge in [0.2, 0.25) is 0 Å². The molecule has 3 aliphatic rings. The zero-order valence-corrected chi connectivity index (χ0v) is 22.6. The molecule has 1 spiro atoms. The van der Waals surface area contributed by atoms with Gasteiger partial charge < -0.3 is 29.2 Å². The number of thiophene rings is 1. The van der Waals surface area contributed by atoms with Crippen LogP contribution in [0.5, 0.6) is 0 Å². The summed E-state index contributed by atoms with van der Waals surface area (Å²) in [6, 6.07) is 2.05. The molecule has 1 saturated heterocycles. The van der Waals surface area contributed by atoms with Gasteiger partial charge in [-0.05, 0) is 54.7 Å². The van der Waals surface area contributed by atoms with Gasteiger partial charge >= 0.3 is 5.97 Å². The largest absolute Gasteiger partial charge is 0.457 e. The Hall–Kier alpha value is -1.55. The minimum absolute atomic E-state index is 0.000536. The molecule has 1 fully saturated rings. The van der Waals surface area contributed by atoms with Gasteiger partial charge in [0.25, 0.3) is 0 Å². The van der Waals surface area contributed by atoms with E-state index >= 15 is 0 Å². The van der Waals surface area contributed by atoms with Crippen LogP contribution in [0.15, 0.2) is 40.6 Å². The third kappa shape index (κ3) is 5.35. The fraction of sp³-hybridized carbons (Fsp3) is 0.679. The second kappa shape index (κ2) is 11.5. The van der Waals surface area contributed by atoms with Crippen LogP contribution in [0.2, 0.25) is 0 Å². The Balaban J connectivity index is 1.69. The molecule has 1 aromatic heterocycles. The molecule has 0 amide bonds. The van der Waals surface area contributed by atoms with Crippen LogP contribution in [0.1, 0.15) is 46.1 Å². The van der Waals surface area contributed by atoms with Crippen molar-refractivity contribution in [2.75, 3.05) is 13.7 Å². The first kappa shape index (κ1) is 27.5. The summed E-state index contributed by atoms with van der Waals surface area (Å²) >= 11 is 1.63. The third-order valence-corrected chi connectivity index (χ3v) is 8.87. The van der Waals surface area contributed by atoms with Crippen molar-refractivity contribution < 1.29 is 34.0 Å². The smallest absolute Gasteiger partial charge is 0.335 e. The molecule has 0 radical (unpaired) electrons. The zero-order chi connectivity index (χ0) is 26.0. The Morgan fingerprint density at radius 3 is 2.69 bits per heavy atom. The van der Waals surface area contributed by atoms with E-state index in [9.17, 15) is 15.0 Å². The van der Waals surface area contributed by atoms with Gasteiger partial charge in [0.1, 0.15) is 6.10 Å². The van der Waals surface area contributed by atoms with Crippen molar-refractivity contribution in [3.63, 3.8) is 0 Å². The average molecular weight is 521 g/mol. The first-order valence-corrected chi connectivity index (χ1v) is 13.8. The maximum atomic E-state index is 13.0. The SMILES string of the molecule is CO[C@H]1C[C@H]2C=C[C@@H]3C[C@]2(O[C@H]3[C@H](OCc2ccsc2)[C@H](C)CO)/C(C)=C/[C@@H](C)[C@@H]([C@@H](C)O)OC1=O. The number of fused-ring (bicyclic) bond motifs is 1. The van der Waals surface area contributed by atoms with E-state index in [1.807, 2.05) is 25.3 Å². The minimum atomic E-state index is -0.824. The highest BCUT2D eigenvalue weighted by molar-refractivity contribution is 7.07. The number of carbonyl (C=O) groups is 1. The van der Waals surface area contributed by atoms with Crippen molar-refractivity contribution in [2.45, 2.75) is 83.3 Å². The van der Waals surface area contributed by atoms with Crippen molar-refractivity contribution in [3.8, 4) is 0 Å². The number of methoxy groups -OCH3 is 1. The summed E-state index contributed by atoms with van der Waals surface area (Å²) in [5.74, 6) is -0.766. The summed E-state index contributed by atoms with van der Waals surface area (Å²) in [5, 5.41) is 24.5. The number of ether oxygens (including phenoxy) is 4. The Kier molecular flexibility index (Phi) is 8.75. The Labute approximate surface area is 218 Å². The fourth-order valence-corrected chi connectivity index (χ4v) is 6.73. The maximum Gasteiger partial charge on any atom is 0.335 e. The predicted molar refractivity (Wildman–Crippen MR) is 137 cm³/mol. The molecular formula is C28H40O7S. The van der Waals surface area contributed by atoms with Gasteiger partial charge in [-0.1, -0.05) is 32.1 Å². The Bertz CT molecular complexity index is 942. The van der Waals surface area contributed by atoms with Gasteiger partial charge in [0.05, 0.1) is 30.5 Å². The molecular weight excluding hydrogens is 480 g/mol. The normalized spacial score (nSPS) is 38.4. The molecule has 2 bridgehead atoms. The lowest BCUT2D eigenvalue weighted by atomic mass is 9.69. The van der Waals surface area contributed by atoms with Gasteiger partial charge in [-0.3, -0.25) is 0 Å². The summed E-state index contributed by atoms with van der Waals surface area (Å²) in [4.78, 5) is 13.0. The first-order valence-electron chi connectivity index (χ1n) is 12.9. The van der Waals surface area contributed by atoms with E-state index in [1.54, 1.807) is 18.3 Å². The summed E-state index contributed by atoms with van der Waals surface area (Å²) in [6.45, 7) is 8.12. The fourth-order valence-electron chi connectivity index (χ4n) is 6.08. The molecule has 0 saturated carbocycles. The molecule has 3 heterocycles. The number of aliphatic hydroxyl groups excluding tert-OH is 2. The van der Waals surface area contributed by atoms with Crippen LogP contribution in [-0.4, -0.2) is 66.0 Å². The predicted octanol–water partition coefficient (Wildman–Crippen LogP) is 3.89. The number of cyclic esters (lactones) is 1. The zero-order valence-electron chi connectivity index (χ0n) is 21.8. The second-order valence-corrected chi connectivity index (χ2v) is 11.5. The maximum absolute atomic E-state index is 13.0. The lowest BCUT2D eigenvalue weighted by molar-refractivity contribution is -0.172. The first-order chi connectivity index (χ1) is 17.2. The number of carbonyl (C=O) groups excluding carboxylic acids is 1. The monoisotopic (exact) mass is 520 g/mol. The molecule has 200 valence electrons. The highest BCUT2D eigenvalue weighted by atomic mass is 32.1.